The quantitative estimate of drug-likeness (QED) is 0.515. The Labute approximate surface area is 185 Å². The Bertz CT molecular complexity index is 1100. The molecule has 0 bridgehead atoms. The highest BCUT2D eigenvalue weighted by Gasteiger charge is 2.19. The number of ether oxygens (including phenoxy) is 2. The molecule has 9 heteroatoms. The Kier molecular flexibility index (Phi) is 7.27. The van der Waals surface area contributed by atoms with Crippen molar-refractivity contribution < 1.29 is 23.0 Å². The summed E-state index contributed by atoms with van der Waals surface area (Å²) in [5, 5.41) is 8.05. The molecule has 0 aliphatic rings. The Hall–Kier alpha value is -3.23. The summed E-state index contributed by atoms with van der Waals surface area (Å²) in [7, 11) is 1.39. The summed E-state index contributed by atoms with van der Waals surface area (Å²) in [5.74, 6) is 0.126. The minimum Gasteiger partial charge on any atom is -0.493 e. The van der Waals surface area contributed by atoms with E-state index in [1.54, 1.807) is 18.3 Å². The molecule has 3 rings (SSSR count). The number of nitrogens with zero attached hydrogens (tertiary/aromatic N) is 3. The van der Waals surface area contributed by atoms with Crippen LogP contribution >= 0.6 is 0 Å². The van der Waals surface area contributed by atoms with E-state index in [9.17, 15) is 13.6 Å². The van der Waals surface area contributed by atoms with Crippen molar-refractivity contribution in [1.82, 2.24) is 20.1 Å². The molecule has 2 aromatic heterocycles. The molecule has 1 amide bonds. The second kappa shape index (κ2) is 9.93. The van der Waals surface area contributed by atoms with Crippen molar-refractivity contribution in [1.29, 1.82) is 0 Å². The number of nitrogens with one attached hydrogen (secondary N) is 1. The number of hydrogen-bond donors (Lipinski definition) is 1. The van der Waals surface area contributed by atoms with E-state index >= 15 is 0 Å². The van der Waals surface area contributed by atoms with E-state index in [4.69, 9.17) is 9.72 Å². The number of methoxy groups -OCH3 is 1. The van der Waals surface area contributed by atoms with Crippen molar-refractivity contribution in [2.75, 3.05) is 13.7 Å². The van der Waals surface area contributed by atoms with Crippen molar-refractivity contribution in [2.45, 2.75) is 52.7 Å². The highest BCUT2D eigenvalue weighted by Crippen LogP contribution is 2.29. The van der Waals surface area contributed by atoms with Gasteiger partial charge in [-0.15, -0.1) is 0 Å². The van der Waals surface area contributed by atoms with E-state index in [2.05, 4.69) is 15.2 Å². The maximum absolute atomic E-state index is 13.0. The fourth-order valence-corrected chi connectivity index (χ4v) is 3.38. The fourth-order valence-electron chi connectivity index (χ4n) is 3.38. The minimum absolute atomic E-state index is 0.0298. The summed E-state index contributed by atoms with van der Waals surface area (Å²) >= 11 is 0. The third-order valence-corrected chi connectivity index (χ3v) is 5.06. The van der Waals surface area contributed by atoms with Gasteiger partial charge in [-0.1, -0.05) is 19.9 Å². The Morgan fingerprint density at radius 1 is 1.16 bits per heavy atom. The van der Waals surface area contributed by atoms with Gasteiger partial charge in [0, 0.05) is 18.3 Å². The Morgan fingerprint density at radius 3 is 2.53 bits per heavy atom. The molecule has 0 saturated carbocycles. The molecule has 0 radical (unpaired) electrons. The topological polar surface area (TPSA) is 78.3 Å². The van der Waals surface area contributed by atoms with Crippen LogP contribution < -0.4 is 14.8 Å². The molecule has 0 saturated heterocycles. The van der Waals surface area contributed by atoms with E-state index in [0.717, 1.165) is 11.3 Å². The van der Waals surface area contributed by atoms with Gasteiger partial charge in [-0.25, -0.2) is 9.67 Å². The van der Waals surface area contributed by atoms with Crippen LogP contribution in [0.15, 0.2) is 30.5 Å². The van der Waals surface area contributed by atoms with Crippen LogP contribution in [0, 0.1) is 0 Å². The van der Waals surface area contributed by atoms with Gasteiger partial charge >= 0.3 is 6.61 Å². The number of fused-ring (bicyclic) bond motifs is 1. The van der Waals surface area contributed by atoms with Crippen molar-refractivity contribution >= 4 is 16.9 Å². The fraction of sp³-hybridized carbons (Fsp3) is 0.435. The highest BCUT2D eigenvalue weighted by molar-refractivity contribution is 6.05. The van der Waals surface area contributed by atoms with Crippen molar-refractivity contribution in [3.63, 3.8) is 0 Å². The third kappa shape index (κ3) is 5.15. The first-order chi connectivity index (χ1) is 15.2. The first-order valence-electron chi connectivity index (χ1n) is 10.5. The third-order valence-electron chi connectivity index (χ3n) is 5.06. The van der Waals surface area contributed by atoms with E-state index in [-0.39, 0.29) is 29.4 Å². The zero-order chi connectivity index (χ0) is 23.4. The highest BCUT2D eigenvalue weighted by atomic mass is 19.3. The normalized spacial score (nSPS) is 11.6. The summed E-state index contributed by atoms with van der Waals surface area (Å²) < 4.78 is 36.4. The van der Waals surface area contributed by atoms with Gasteiger partial charge in [0.05, 0.1) is 24.3 Å². The van der Waals surface area contributed by atoms with Gasteiger partial charge in [-0.05, 0) is 49.9 Å². The van der Waals surface area contributed by atoms with Crippen LogP contribution in [-0.2, 0) is 6.42 Å². The number of alkyl halides is 2. The van der Waals surface area contributed by atoms with Crippen LogP contribution in [0.4, 0.5) is 8.78 Å². The van der Waals surface area contributed by atoms with Gasteiger partial charge in [-0.2, -0.15) is 13.9 Å². The van der Waals surface area contributed by atoms with Gasteiger partial charge < -0.3 is 14.8 Å². The Balaban J connectivity index is 1.76. The number of hydrogen-bond acceptors (Lipinski definition) is 5. The van der Waals surface area contributed by atoms with Gasteiger partial charge in [-0.3, -0.25) is 4.79 Å². The predicted octanol–water partition coefficient (Wildman–Crippen LogP) is 4.72. The van der Waals surface area contributed by atoms with Gasteiger partial charge in [0.2, 0.25) is 0 Å². The molecular formula is C23H28F2N4O3. The molecule has 32 heavy (non-hydrogen) atoms. The number of carbonyl (C=O) groups is 1. The van der Waals surface area contributed by atoms with E-state index in [1.165, 1.54) is 13.2 Å². The molecule has 0 fully saturated rings. The first-order valence-corrected chi connectivity index (χ1v) is 10.5. The smallest absolute Gasteiger partial charge is 0.387 e. The van der Waals surface area contributed by atoms with Crippen LogP contribution in [0.1, 0.15) is 61.3 Å². The van der Waals surface area contributed by atoms with Gasteiger partial charge in [0.15, 0.2) is 17.1 Å². The van der Waals surface area contributed by atoms with Crippen molar-refractivity contribution in [2.24, 2.45) is 0 Å². The lowest BCUT2D eigenvalue weighted by Crippen LogP contribution is -2.26. The van der Waals surface area contributed by atoms with Crippen LogP contribution in [0.3, 0.4) is 0 Å². The molecule has 7 nitrogen and oxygen atoms in total. The molecule has 1 aromatic carbocycles. The van der Waals surface area contributed by atoms with E-state index in [0.29, 0.717) is 29.6 Å². The molecule has 172 valence electrons. The lowest BCUT2D eigenvalue weighted by molar-refractivity contribution is -0.0512. The second-order valence-corrected chi connectivity index (χ2v) is 8.04. The maximum Gasteiger partial charge on any atom is 0.387 e. The SMILES string of the molecule is COc1cc(CCNC(=O)c2cc(C(C)C)nc3c2cnn3C(C)C)ccc1OC(F)F. The number of rotatable bonds is 9. The molecular weight excluding hydrogens is 418 g/mol. The average molecular weight is 446 g/mol. The summed E-state index contributed by atoms with van der Waals surface area (Å²) in [6.45, 7) is 5.52. The first kappa shape index (κ1) is 23.4. The summed E-state index contributed by atoms with van der Waals surface area (Å²) in [6.07, 6.45) is 2.17. The molecule has 1 N–H and O–H groups in total. The molecule has 2 heterocycles. The van der Waals surface area contributed by atoms with Crippen LogP contribution in [0.25, 0.3) is 11.0 Å². The largest absolute Gasteiger partial charge is 0.493 e. The van der Waals surface area contributed by atoms with Crippen molar-refractivity contribution in [3.8, 4) is 11.5 Å². The molecule has 0 aliphatic carbocycles. The summed E-state index contributed by atoms with van der Waals surface area (Å²) in [5.41, 5.74) is 2.86. The molecule has 0 unspecified atom stereocenters. The number of carbonyl (C=O) groups excluding carboxylic acids is 1. The summed E-state index contributed by atoms with van der Waals surface area (Å²) in [6, 6.07) is 6.65. The van der Waals surface area contributed by atoms with Crippen LogP contribution in [0.5, 0.6) is 11.5 Å². The second-order valence-electron chi connectivity index (χ2n) is 8.04. The maximum atomic E-state index is 13.0. The van der Waals surface area contributed by atoms with Gasteiger partial charge in [0.25, 0.3) is 5.91 Å². The monoisotopic (exact) mass is 446 g/mol. The minimum atomic E-state index is -2.93. The predicted molar refractivity (Wildman–Crippen MR) is 118 cm³/mol. The zero-order valence-electron chi connectivity index (χ0n) is 18.9. The van der Waals surface area contributed by atoms with Crippen LogP contribution in [-0.4, -0.2) is 40.9 Å². The summed E-state index contributed by atoms with van der Waals surface area (Å²) in [4.78, 5) is 17.7. The van der Waals surface area contributed by atoms with Crippen molar-refractivity contribution in [3.05, 3.63) is 47.3 Å². The van der Waals surface area contributed by atoms with E-state index < -0.39 is 6.61 Å². The van der Waals surface area contributed by atoms with Gasteiger partial charge in [0.1, 0.15) is 0 Å². The number of halogens is 2. The number of benzene rings is 1. The lowest BCUT2D eigenvalue weighted by Gasteiger charge is -2.13. The van der Waals surface area contributed by atoms with E-state index in [1.807, 2.05) is 38.4 Å². The lowest BCUT2D eigenvalue weighted by atomic mass is 10.0. The standard InChI is InChI=1S/C23H28F2N4O3/c1-13(2)18-11-16(17-12-27-29(14(3)4)21(17)28-18)22(30)26-9-8-15-6-7-19(32-23(24)25)20(10-15)31-5/h6-7,10-14,23H,8-9H2,1-5H3,(H,26,30). The Morgan fingerprint density at radius 2 is 1.91 bits per heavy atom. The van der Waals surface area contributed by atoms with Crippen LogP contribution in [0.2, 0.25) is 0 Å². The molecule has 3 aromatic rings. The average Bonchev–Trinajstić information content (AvgIpc) is 3.17. The number of aromatic nitrogens is 3. The number of amides is 1. The number of pyridine rings is 1. The zero-order valence-corrected chi connectivity index (χ0v) is 18.9. The molecule has 0 spiro atoms. The molecule has 0 aliphatic heterocycles. The molecule has 0 atom stereocenters.